The first-order chi connectivity index (χ1) is 12.2. The van der Waals surface area contributed by atoms with Crippen LogP contribution in [0.5, 0.6) is 0 Å². The standard InChI is InChI=1S/C20H21N3OS/c1-16-6-8-18(9-7-16)25-13-10-20(24)22-14-17-4-2-3-5-19(17)23-12-11-21-15-23/h2-9,11-12,15H,10,13-14H2,1H3,(H,22,24). The second-order valence-electron chi connectivity index (χ2n) is 5.79. The smallest absolute Gasteiger partial charge is 0.221 e. The van der Waals surface area contributed by atoms with Crippen LogP contribution < -0.4 is 5.32 Å². The van der Waals surface area contributed by atoms with E-state index in [0.29, 0.717) is 13.0 Å². The van der Waals surface area contributed by atoms with E-state index in [1.54, 1.807) is 24.3 Å². The molecule has 1 N–H and O–H groups in total. The molecule has 1 amide bonds. The molecule has 3 aromatic rings. The summed E-state index contributed by atoms with van der Waals surface area (Å²) in [7, 11) is 0. The van der Waals surface area contributed by atoms with Crippen LogP contribution in [0.15, 0.2) is 72.1 Å². The molecule has 0 aliphatic heterocycles. The number of imidazole rings is 1. The fraction of sp³-hybridized carbons (Fsp3) is 0.200. The highest BCUT2D eigenvalue weighted by molar-refractivity contribution is 7.99. The second kappa shape index (κ2) is 8.53. The number of benzene rings is 2. The molecule has 25 heavy (non-hydrogen) atoms. The Kier molecular flexibility index (Phi) is 5.90. The van der Waals surface area contributed by atoms with Gasteiger partial charge in [-0.25, -0.2) is 4.98 Å². The first kappa shape index (κ1) is 17.3. The summed E-state index contributed by atoms with van der Waals surface area (Å²) in [6, 6.07) is 16.4. The van der Waals surface area contributed by atoms with Gasteiger partial charge in [-0.2, -0.15) is 0 Å². The van der Waals surface area contributed by atoms with Gasteiger partial charge in [0.2, 0.25) is 5.91 Å². The number of nitrogens with zero attached hydrogens (tertiary/aromatic N) is 2. The lowest BCUT2D eigenvalue weighted by Gasteiger charge is -2.11. The Hall–Kier alpha value is -2.53. The van der Waals surface area contributed by atoms with Crippen LogP contribution in [0.1, 0.15) is 17.5 Å². The van der Waals surface area contributed by atoms with Crippen LogP contribution in [0.3, 0.4) is 0 Å². The molecule has 0 bridgehead atoms. The van der Waals surface area contributed by atoms with Crippen molar-refractivity contribution in [2.45, 2.75) is 24.8 Å². The number of thioether (sulfide) groups is 1. The van der Waals surface area contributed by atoms with Crippen molar-refractivity contribution in [3.63, 3.8) is 0 Å². The maximum atomic E-state index is 12.1. The van der Waals surface area contributed by atoms with Crippen molar-refractivity contribution in [3.8, 4) is 5.69 Å². The van der Waals surface area contributed by atoms with E-state index in [1.165, 1.54) is 10.5 Å². The summed E-state index contributed by atoms with van der Waals surface area (Å²) in [5.41, 5.74) is 3.35. The van der Waals surface area contributed by atoms with Gasteiger partial charge < -0.3 is 9.88 Å². The molecule has 0 saturated carbocycles. The molecule has 1 aromatic heterocycles. The highest BCUT2D eigenvalue weighted by Gasteiger charge is 2.06. The third kappa shape index (κ3) is 4.97. The Balaban J connectivity index is 1.49. The quantitative estimate of drug-likeness (QED) is 0.655. The van der Waals surface area contributed by atoms with Crippen molar-refractivity contribution >= 4 is 17.7 Å². The third-order valence-electron chi connectivity index (χ3n) is 3.87. The largest absolute Gasteiger partial charge is 0.352 e. The van der Waals surface area contributed by atoms with Crippen molar-refractivity contribution < 1.29 is 4.79 Å². The van der Waals surface area contributed by atoms with E-state index in [-0.39, 0.29) is 5.91 Å². The van der Waals surface area contributed by atoms with Crippen LogP contribution in [0.2, 0.25) is 0 Å². The maximum Gasteiger partial charge on any atom is 0.221 e. The monoisotopic (exact) mass is 351 g/mol. The maximum absolute atomic E-state index is 12.1. The summed E-state index contributed by atoms with van der Waals surface area (Å²) in [4.78, 5) is 17.4. The molecule has 0 unspecified atom stereocenters. The van der Waals surface area contributed by atoms with Crippen LogP contribution in [0, 0.1) is 6.92 Å². The summed E-state index contributed by atoms with van der Waals surface area (Å²) in [5.74, 6) is 0.845. The number of carbonyl (C=O) groups is 1. The number of carbonyl (C=O) groups excluding carboxylic acids is 1. The lowest BCUT2D eigenvalue weighted by atomic mass is 10.1. The van der Waals surface area contributed by atoms with Gasteiger partial charge in [0.15, 0.2) is 0 Å². The molecule has 128 valence electrons. The Morgan fingerprint density at radius 1 is 1.16 bits per heavy atom. The molecule has 4 nitrogen and oxygen atoms in total. The number of hydrogen-bond acceptors (Lipinski definition) is 3. The predicted molar refractivity (Wildman–Crippen MR) is 102 cm³/mol. The van der Waals surface area contributed by atoms with Gasteiger partial charge in [0.05, 0.1) is 12.0 Å². The van der Waals surface area contributed by atoms with Gasteiger partial charge in [0, 0.05) is 36.0 Å². The van der Waals surface area contributed by atoms with Crippen LogP contribution in [0.4, 0.5) is 0 Å². The number of nitrogens with one attached hydrogen (secondary N) is 1. The van der Waals surface area contributed by atoms with E-state index in [2.05, 4.69) is 41.5 Å². The Morgan fingerprint density at radius 2 is 1.96 bits per heavy atom. The van der Waals surface area contributed by atoms with E-state index in [0.717, 1.165) is 17.0 Å². The molecule has 5 heteroatoms. The van der Waals surface area contributed by atoms with E-state index in [4.69, 9.17) is 0 Å². The van der Waals surface area contributed by atoms with Gasteiger partial charge in [0.1, 0.15) is 0 Å². The van der Waals surface area contributed by atoms with Gasteiger partial charge in [-0.1, -0.05) is 35.9 Å². The van der Waals surface area contributed by atoms with Gasteiger partial charge in [-0.3, -0.25) is 4.79 Å². The lowest BCUT2D eigenvalue weighted by molar-refractivity contribution is -0.120. The normalized spacial score (nSPS) is 10.6. The Labute approximate surface area is 152 Å². The molecule has 3 rings (SSSR count). The summed E-state index contributed by atoms with van der Waals surface area (Å²) in [6.07, 6.45) is 5.92. The number of hydrogen-bond donors (Lipinski definition) is 1. The second-order valence-corrected chi connectivity index (χ2v) is 6.96. The molecule has 0 aliphatic carbocycles. The van der Waals surface area contributed by atoms with E-state index < -0.39 is 0 Å². The zero-order valence-electron chi connectivity index (χ0n) is 14.2. The summed E-state index contributed by atoms with van der Waals surface area (Å²) in [5, 5.41) is 3.01. The molecular weight excluding hydrogens is 330 g/mol. The number of aromatic nitrogens is 2. The first-order valence-electron chi connectivity index (χ1n) is 8.25. The highest BCUT2D eigenvalue weighted by atomic mass is 32.2. The molecule has 0 atom stereocenters. The Morgan fingerprint density at radius 3 is 2.72 bits per heavy atom. The molecule has 0 spiro atoms. The number of amides is 1. The van der Waals surface area contributed by atoms with E-state index in [1.807, 2.05) is 35.0 Å². The van der Waals surface area contributed by atoms with Gasteiger partial charge >= 0.3 is 0 Å². The minimum Gasteiger partial charge on any atom is -0.352 e. The molecule has 0 aliphatic rings. The average molecular weight is 351 g/mol. The van der Waals surface area contributed by atoms with Gasteiger partial charge in [0.25, 0.3) is 0 Å². The fourth-order valence-corrected chi connectivity index (χ4v) is 3.34. The zero-order chi connectivity index (χ0) is 17.5. The summed E-state index contributed by atoms with van der Waals surface area (Å²) >= 11 is 1.71. The Bertz CT molecular complexity index is 813. The van der Waals surface area contributed by atoms with E-state index >= 15 is 0 Å². The highest BCUT2D eigenvalue weighted by Crippen LogP contribution is 2.19. The summed E-state index contributed by atoms with van der Waals surface area (Å²) < 4.78 is 1.95. The SMILES string of the molecule is Cc1ccc(SCCC(=O)NCc2ccccc2-n2ccnc2)cc1. The van der Waals surface area contributed by atoms with Crippen molar-refractivity contribution in [1.82, 2.24) is 14.9 Å². The molecule has 0 radical (unpaired) electrons. The van der Waals surface area contributed by atoms with Gasteiger partial charge in [-0.15, -0.1) is 11.8 Å². The van der Waals surface area contributed by atoms with E-state index in [9.17, 15) is 4.79 Å². The van der Waals surface area contributed by atoms with Crippen molar-refractivity contribution in [3.05, 3.63) is 78.4 Å². The van der Waals surface area contributed by atoms with Crippen LogP contribution >= 0.6 is 11.8 Å². The average Bonchev–Trinajstić information content (AvgIpc) is 3.16. The number of para-hydroxylation sites is 1. The number of rotatable bonds is 7. The minimum absolute atomic E-state index is 0.0695. The minimum atomic E-state index is 0.0695. The number of aryl methyl sites for hydroxylation is 1. The fourth-order valence-electron chi connectivity index (χ4n) is 2.49. The van der Waals surface area contributed by atoms with Crippen molar-refractivity contribution in [2.75, 3.05) is 5.75 Å². The zero-order valence-corrected chi connectivity index (χ0v) is 15.0. The molecule has 2 aromatic carbocycles. The van der Waals surface area contributed by atoms with Crippen LogP contribution in [-0.4, -0.2) is 21.2 Å². The molecule has 1 heterocycles. The summed E-state index contributed by atoms with van der Waals surface area (Å²) in [6.45, 7) is 2.59. The molecule has 0 saturated heterocycles. The third-order valence-corrected chi connectivity index (χ3v) is 4.88. The van der Waals surface area contributed by atoms with Crippen LogP contribution in [0.25, 0.3) is 5.69 Å². The van der Waals surface area contributed by atoms with Crippen molar-refractivity contribution in [2.24, 2.45) is 0 Å². The lowest BCUT2D eigenvalue weighted by Crippen LogP contribution is -2.23. The van der Waals surface area contributed by atoms with Crippen LogP contribution in [-0.2, 0) is 11.3 Å². The predicted octanol–water partition coefficient (Wildman–Crippen LogP) is 3.98. The topological polar surface area (TPSA) is 46.9 Å². The van der Waals surface area contributed by atoms with Gasteiger partial charge in [-0.05, 0) is 30.7 Å². The molecular formula is C20H21N3OS. The first-order valence-corrected chi connectivity index (χ1v) is 9.23. The molecule has 0 fully saturated rings. The van der Waals surface area contributed by atoms with Crippen molar-refractivity contribution in [1.29, 1.82) is 0 Å².